The number of hydroxylamine groups is 1. The Morgan fingerprint density at radius 3 is 2.12 bits per heavy atom. The number of halogens is 1. The first-order chi connectivity index (χ1) is 18.9. The average Bonchev–Trinajstić information content (AvgIpc) is 2.93. The molecule has 10 nitrogen and oxygen atoms in total. The molecule has 0 aliphatic rings. The summed E-state index contributed by atoms with van der Waals surface area (Å²) in [5.41, 5.74) is 2.81. The Kier molecular flexibility index (Phi) is 10.5. The highest BCUT2D eigenvalue weighted by Gasteiger charge is 2.36. The summed E-state index contributed by atoms with van der Waals surface area (Å²) in [6, 6.07) is 18.0. The molecule has 0 aromatic heterocycles. The fourth-order valence-electron chi connectivity index (χ4n) is 3.66. The summed E-state index contributed by atoms with van der Waals surface area (Å²) in [5.74, 6) is -1.84. The van der Waals surface area contributed by atoms with E-state index in [0.717, 1.165) is 9.87 Å². The maximum absolute atomic E-state index is 13.8. The smallest absolute Gasteiger partial charge is 0.297 e. The van der Waals surface area contributed by atoms with Crippen LogP contribution in [0.3, 0.4) is 0 Å². The van der Waals surface area contributed by atoms with Crippen molar-refractivity contribution < 1.29 is 40.1 Å². The van der Waals surface area contributed by atoms with Crippen molar-refractivity contribution in [2.45, 2.75) is 35.7 Å². The van der Waals surface area contributed by atoms with E-state index in [2.05, 4.69) is 6.58 Å². The van der Waals surface area contributed by atoms with Crippen LogP contribution in [-0.4, -0.2) is 51.5 Å². The van der Waals surface area contributed by atoms with E-state index in [1.54, 1.807) is 42.5 Å². The zero-order valence-electron chi connectivity index (χ0n) is 21.6. The van der Waals surface area contributed by atoms with Gasteiger partial charge in [-0.3, -0.25) is 14.2 Å². The molecule has 0 saturated carbocycles. The summed E-state index contributed by atoms with van der Waals surface area (Å²) < 4.78 is 76.8. The summed E-state index contributed by atoms with van der Waals surface area (Å²) in [6.07, 6.45) is -0.675. The number of ether oxygens (including phenoxy) is 1. The molecule has 0 bridgehead atoms. The predicted molar refractivity (Wildman–Crippen MR) is 144 cm³/mol. The number of carbonyl (C=O) groups is 1. The molecule has 1 amide bonds. The van der Waals surface area contributed by atoms with Crippen LogP contribution in [0, 0.1) is 6.92 Å². The SMILES string of the molecule is C=C(F)C[C@@H](C(=O)NO)N(Cc1ccccc1)S(=O)(=O)c1ccc(OCCOS(=O)(=O)c2ccc(C)cc2)cc1. The standard InChI is InChI=1S/C27H29FN2O8S2/c1-20-8-12-25(13-9-20)40(35,36)38-17-16-37-23-10-14-24(15-11-23)39(33,34)30(19-22-6-4-3-5-7-22)26(18-21(2)28)27(31)29-32/h3-15,26,32H,2,16-19H2,1H3,(H,29,31)/t26-/m0/s1. The second-order valence-electron chi connectivity index (χ2n) is 8.66. The van der Waals surface area contributed by atoms with Crippen LogP contribution in [0.15, 0.2) is 101 Å². The third-order valence-corrected chi connectivity index (χ3v) is 8.88. The van der Waals surface area contributed by atoms with Crippen LogP contribution in [0.5, 0.6) is 5.75 Å². The third-order valence-electron chi connectivity index (χ3n) is 5.69. The monoisotopic (exact) mass is 592 g/mol. The zero-order valence-corrected chi connectivity index (χ0v) is 23.2. The molecular weight excluding hydrogens is 563 g/mol. The Morgan fingerprint density at radius 1 is 0.950 bits per heavy atom. The second-order valence-corrected chi connectivity index (χ2v) is 12.2. The van der Waals surface area contributed by atoms with Crippen LogP contribution in [0.2, 0.25) is 0 Å². The van der Waals surface area contributed by atoms with Gasteiger partial charge in [-0.2, -0.15) is 12.7 Å². The van der Waals surface area contributed by atoms with E-state index in [-0.39, 0.29) is 35.3 Å². The number of rotatable bonds is 14. The molecule has 3 rings (SSSR count). The minimum atomic E-state index is -4.40. The summed E-state index contributed by atoms with van der Waals surface area (Å²) >= 11 is 0. The van der Waals surface area contributed by atoms with Gasteiger partial charge in [0.1, 0.15) is 25.0 Å². The summed E-state index contributed by atoms with van der Waals surface area (Å²) in [4.78, 5) is 12.2. The Labute approximate surface area is 232 Å². The number of hydrogen-bond acceptors (Lipinski definition) is 8. The molecule has 214 valence electrons. The highest BCUT2D eigenvalue weighted by Crippen LogP contribution is 2.26. The molecule has 3 aromatic rings. The number of carbonyl (C=O) groups excluding carboxylic acids is 1. The molecule has 0 aliphatic heterocycles. The summed E-state index contributed by atoms with van der Waals surface area (Å²) in [6.45, 7) is 4.23. The molecule has 0 saturated heterocycles. The van der Waals surface area contributed by atoms with Gasteiger partial charge in [-0.1, -0.05) is 54.6 Å². The van der Waals surface area contributed by atoms with Gasteiger partial charge in [0.15, 0.2) is 0 Å². The van der Waals surface area contributed by atoms with Crippen LogP contribution in [0.4, 0.5) is 4.39 Å². The molecule has 13 heteroatoms. The van der Waals surface area contributed by atoms with E-state index in [0.29, 0.717) is 5.56 Å². The maximum Gasteiger partial charge on any atom is 0.297 e. The van der Waals surface area contributed by atoms with E-state index < -0.39 is 44.3 Å². The molecule has 0 fully saturated rings. The van der Waals surface area contributed by atoms with Crippen LogP contribution in [0.25, 0.3) is 0 Å². The molecule has 0 aliphatic carbocycles. The lowest BCUT2D eigenvalue weighted by Crippen LogP contribution is -2.48. The molecule has 0 radical (unpaired) electrons. The number of amides is 1. The maximum atomic E-state index is 13.8. The van der Waals surface area contributed by atoms with Crippen LogP contribution in [0.1, 0.15) is 17.5 Å². The Morgan fingerprint density at radius 2 is 1.55 bits per heavy atom. The van der Waals surface area contributed by atoms with Gasteiger partial charge in [0, 0.05) is 13.0 Å². The molecule has 3 aromatic carbocycles. The number of sulfonamides is 1. The number of aryl methyl sites for hydroxylation is 1. The molecule has 0 unspecified atom stereocenters. The van der Waals surface area contributed by atoms with Gasteiger partial charge in [0.05, 0.1) is 15.6 Å². The minimum Gasteiger partial charge on any atom is -0.491 e. The van der Waals surface area contributed by atoms with Gasteiger partial charge in [-0.15, -0.1) is 0 Å². The Balaban J connectivity index is 1.74. The first-order valence-electron chi connectivity index (χ1n) is 12.0. The first-order valence-corrected chi connectivity index (χ1v) is 14.8. The van der Waals surface area contributed by atoms with E-state index in [1.807, 2.05) is 6.92 Å². The van der Waals surface area contributed by atoms with E-state index >= 15 is 0 Å². The lowest BCUT2D eigenvalue weighted by molar-refractivity contribution is -0.133. The summed E-state index contributed by atoms with van der Waals surface area (Å²) in [7, 11) is -8.37. The number of benzene rings is 3. The fraction of sp³-hybridized carbons (Fsp3) is 0.222. The van der Waals surface area contributed by atoms with E-state index in [1.165, 1.54) is 41.9 Å². The highest BCUT2D eigenvalue weighted by molar-refractivity contribution is 7.89. The largest absolute Gasteiger partial charge is 0.491 e. The zero-order chi connectivity index (χ0) is 29.3. The summed E-state index contributed by atoms with van der Waals surface area (Å²) in [5, 5.41) is 9.20. The van der Waals surface area contributed by atoms with Crippen LogP contribution >= 0.6 is 0 Å². The van der Waals surface area contributed by atoms with Crippen molar-refractivity contribution in [1.29, 1.82) is 0 Å². The molecule has 2 N–H and O–H groups in total. The lowest BCUT2D eigenvalue weighted by Gasteiger charge is -2.29. The average molecular weight is 593 g/mol. The van der Waals surface area contributed by atoms with E-state index in [9.17, 15) is 31.2 Å². The number of hydrogen-bond donors (Lipinski definition) is 2. The quantitative estimate of drug-likeness (QED) is 0.125. The van der Waals surface area contributed by atoms with Crippen molar-refractivity contribution in [2.75, 3.05) is 13.2 Å². The van der Waals surface area contributed by atoms with Gasteiger partial charge in [0.2, 0.25) is 10.0 Å². The van der Waals surface area contributed by atoms with Crippen molar-refractivity contribution in [2.24, 2.45) is 0 Å². The Hall–Kier alpha value is -3.62. The van der Waals surface area contributed by atoms with Gasteiger partial charge in [0.25, 0.3) is 16.0 Å². The number of nitrogens with one attached hydrogen (secondary N) is 1. The minimum absolute atomic E-state index is 0.0113. The van der Waals surface area contributed by atoms with E-state index in [4.69, 9.17) is 8.92 Å². The van der Waals surface area contributed by atoms with Crippen LogP contribution in [-0.2, 0) is 35.7 Å². The second kappa shape index (κ2) is 13.6. The van der Waals surface area contributed by atoms with Crippen molar-refractivity contribution >= 4 is 26.0 Å². The fourth-order valence-corrected chi connectivity index (χ4v) is 6.12. The Bertz CT molecular complexity index is 1510. The van der Waals surface area contributed by atoms with Crippen LogP contribution < -0.4 is 10.2 Å². The predicted octanol–water partition coefficient (Wildman–Crippen LogP) is 3.72. The van der Waals surface area contributed by atoms with Crippen molar-refractivity contribution in [1.82, 2.24) is 9.79 Å². The van der Waals surface area contributed by atoms with Crippen molar-refractivity contribution in [3.63, 3.8) is 0 Å². The van der Waals surface area contributed by atoms with Gasteiger partial charge in [-0.25, -0.2) is 18.3 Å². The lowest BCUT2D eigenvalue weighted by atomic mass is 10.1. The molecular formula is C27H29FN2O8S2. The van der Waals surface area contributed by atoms with Gasteiger partial charge in [-0.05, 0) is 48.9 Å². The molecule has 40 heavy (non-hydrogen) atoms. The number of nitrogens with zero attached hydrogens (tertiary/aromatic N) is 1. The van der Waals surface area contributed by atoms with Crippen molar-refractivity contribution in [3.8, 4) is 5.75 Å². The van der Waals surface area contributed by atoms with Gasteiger partial charge >= 0.3 is 0 Å². The van der Waals surface area contributed by atoms with Gasteiger partial charge < -0.3 is 4.74 Å². The third kappa shape index (κ3) is 8.19. The van der Waals surface area contributed by atoms with Crippen molar-refractivity contribution in [3.05, 3.63) is 102 Å². The molecule has 1 atom stereocenters. The topological polar surface area (TPSA) is 139 Å². The highest BCUT2D eigenvalue weighted by atomic mass is 32.2. The first kappa shape index (κ1) is 30.9. The molecule has 0 heterocycles. The normalized spacial score (nSPS) is 12.6. The molecule has 0 spiro atoms.